The molecule has 0 saturated heterocycles. The predicted octanol–water partition coefficient (Wildman–Crippen LogP) is 0.352. The summed E-state index contributed by atoms with van der Waals surface area (Å²) in [7, 11) is 2.24. The molecule has 0 fully saturated rings. The smallest absolute Gasteiger partial charge is 0.352 e. The van der Waals surface area contributed by atoms with Gasteiger partial charge in [-0.15, -0.1) is 11.3 Å². The molecule has 16 heavy (non-hydrogen) atoms. The molecule has 6 nitrogen and oxygen atoms in total. The standard InChI is InChI=1S/C8H8O6S.Na/c1-13-7(11)5-3(9)4(10)6(15-5)8(12)14-2;/h9-10H,1-2H3;. The molecule has 0 aromatic carbocycles. The van der Waals surface area contributed by atoms with Crippen LogP contribution in [0, 0.1) is 0 Å². The molecule has 1 heterocycles. The van der Waals surface area contributed by atoms with E-state index in [1.807, 2.05) is 0 Å². The summed E-state index contributed by atoms with van der Waals surface area (Å²) in [4.78, 5) is 21.7. The minimum absolute atomic E-state index is 0. The van der Waals surface area contributed by atoms with Crippen molar-refractivity contribution >= 4 is 52.8 Å². The van der Waals surface area contributed by atoms with E-state index in [-0.39, 0.29) is 39.3 Å². The second kappa shape index (κ2) is 6.09. The Bertz CT molecular complexity index is 376. The molecule has 1 aromatic rings. The van der Waals surface area contributed by atoms with Crippen LogP contribution in [-0.2, 0) is 9.47 Å². The molecule has 0 saturated carbocycles. The molecule has 0 amide bonds. The zero-order valence-corrected chi connectivity index (χ0v) is 11.8. The number of carbonyl (C=O) groups excluding carboxylic acids is 2. The van der Waals surface area contributed by atoms with Crippen LogP contribution in [0.4, 0.5) is 0 Å². The average molecular weight is 255 g/mol. The molecular formula is C8H8NaO6S. The number of rotatable bonds is 2. The van der Waals surface area contributed by atoms with Gasteiger partial charge in [0.15, 0.2) is 21.3 Å². The third-order valence-corrected chi connectivity index (χ3v) is 2.73. The fourth-order valence-corrected chi connectivity index (χ4v) is 1.80. The second-order valence-electron chi connectivity index (χ2n) is 2.44. The topological polar surface area (TPSA) is 93.1 Å². The van der Waals surface area contributed by atoms with Crippen LogP contribution in [0.15, 0.2) is 0 Å². The molecule has 1 radical (unpaired) electrons. The third kappa shape index (κ3) is 2.67. The number of aromatic hydroxyl groups is 2. The van der Waals surface area contributed by atoms with Crippen LogP contribution in [-0.4, -0.2) is 65.9 Å². The van der Waals surface area contributed by atoms with E-state index >= 15 is 0 Å². The minimum atomic E-state index is -0.831. The summed E-state index contributed by atoms with van der Waals surface area (Å²) in [5.41, 5.74) is 0. The molecule has 0 unspecified atom stereocenters. The number of methoxy groups -OCH3 is 2. The molecule has 0 aliphatic rings. The first kappa shape index (κ1) is 15.2. The van der Waals surface area contributed by atoms with Gasteiger partial charge < -0.3 is 19.7 Å². The number of carbonyl (C=O) groups is 2. The summed E-state index contributed by atoms with van der Waals surface area (Å²) in [5.74, 6) is -3.01. The van der Waals surface area contributed by atoms with Crippen LogP contribution in [0.2, 0.25) is 0 Å². The summed E-state index contributed by atoms with van der Waals surface area (Å²) in [6.45, 7) is 0. The predicted molar refractivity (Wildman–Crippen MR) is 56.1 cm³/mol. The molecular weight excluding hydrogens is 247 g/mol. The molecule has 1 aromatic heterocycles. The van der Waals surface area contributed by atoms with Crippen molar-refractivity contribution in [3.63, 3.8) is 0 Å². The Balaban J connectivity index is 0.00000225. The molecule has 0 atom stereocenters. The summed E-state index contributed by atoms with van der Waals surface area (Å²) < 4.78 is 8.69. The van der Waals surface area contributed by atoms with Crippen LogP contribution < -0.4 is 0 Å². The first-order chi connectivity index (χ1) is 7.02. The van der Waals surface area contributed by atoms with Crippen molar-refractivity contribution in [1.29, 1.82) is 0 Å². The van der Waals surface area contributed by atoms with Crippen molar-refractivity contribution in [2.45, 2.75) is 0 Å². The van der Waals surface area contributed by atoms with Gasteiger partial charge in [-0.3, -0.25) is 0 Å². The Morgan fingerprint density at radius 2 is 1.31 bits per heavy atom. The van der Waals surface area contributed by atoms with Crippen LogP contribution in [0.1, 0.15) is 19.3 Å². The molecule has 1 rings (SSSR count). The molecule has 83 valence electrons. The Hall–Kier alpha value is -0.760. The third-order valence-electron chi connectivity index (χ3n) is 1.60. The van der Waals surface area contributed by atoms with Gasteiger partial charge in [-0.05, 0) is 0 Å². The molecule has 8 heteroatoms. The first-order valence-electron chi connectivity index (χ1n) is 3.74. The Morgan fingerprint density at radius 3 is 1.56 bits per heavy atom. The minimum Gasteiger partial charge on any atom is -0.503 e. The van der Waals surface area contributed by atoms with Gasteiger partial charge in [0.2, 0.25) is 0 Å². The second-order valence-corrected chi connectivity index (χ2v) is 3.46. The number of hydrogen-bond acceptors (Lipinski definition) is 7. The summed E-state index contributed by atoms with van der Waals surface area (Å²) >= 11 is 0.602. The number of hydrogen-bond donors (Lipinski definition) is 2. The zero-order chi connectivity index (χ0) is 11.6. The van der Waals surface area contributed by atoms with Gasteiger partial charge in [0.1, 0.15) is 0 Å². The normalized spacial score (nSPS) is 9.12. The van der Waals surface area contributed by atoms with Gasteiger partial charge in [0.05, 0.1) is 14.2 Å². The monoisotopic (exact) mass is 255 g/mol. The van der Waals surface area contributed by atoms with Gasteiger partial charge in [-0.2, -0.15) is 0 Å². The van der Waals surface area contributed by atoms with Crippen LogP contribution in [0.3, 0.4) is 0 Å². The van der Waals surface area contributed by atoms with Crippen molar-refractivity contribution in [3.05, 3.63) is 9.75 Å². The van der Waals surface area contributed by atoms with E-state index in [4.69, 9.17) is 0 Å². The van der Waals surface area contributed by atoms with Gasteiger partial charge in [-0.1, -0.05) is 0 Å². The van der Waals surface area contributed by atoms with Crippen molar-refractivity contribution in [2.75, 3.05) is 14.2 Å². The fraction of sp³-hybridized carbons (Fsp3) is 0.250. The van der Waals surface area contributed by atoms with Gasteiger partial charge in [0, 0.05) is 29.6 Å². The average Bonchev–Trinajstić information content (AvgIpc) is 2.54. The number of thiophene rings is 1. The molecule has 0 spiro atoms. The van der Waals surface area contributed by atoms with Gasteiger partial charge in [-0.25, -0.2) is 9.59 Å². The van der Waals surface area contributed by atoms with E-state index in [0.29, 0.717) is 11.3 Å². The van der Waals surface area contributed by atoms with E-state index in [1.165, 1.54) is 0 Å². The maximum Gasteiger partial charge on any atom is 0.352 e. The fourth-order valence-electron chi connectivity index (χ4n) is 0.876. The van der Waals surface area contributed by atoms with E-state index in [0.717, 1.165) is 14.2 Å². The quantitative estimate of drug-likeness (QED) is 0.585. The van der Waals surface area contributed by atoms with Crippen molar-refractivity contribution < 1.29 is 29.3 Å². The van der Waals surface area contributed by atoms with Crippen molar-refractivity contribution in [2.24, 2.45) is 0 Å². The Kier molecular flexibility index (Phi) is 5.80. The molecule has 0 bridgehead atoms. The van der Waals surface area contributed by atoms with Crippen LogP contribution in [0.25, 0.3) is 0 Å². The summed E-state index contributed by atoms with van der Waals surface area (Å²) in [6.07, 6.45) is 0. The van der Waals surface area contributed by atoms with Gasteiger partial charge >= 0.3 is 11.9 Å². The Labute approximate surface area is 117 Å². The SMILES string of the molecule is COC(=O)c1sc(C(=O)OC)c(O)c1O.[Na]. The maximum absolute atomic E-state index is 11.1. The van der Waals surface area contributed by atoms with E-state index in [2.05, 4.69) is 9.47 Å². The number of esters is 2. The van der Waals surface area contributed by atoms with Crippen LogP contribution in [0.5, 0.6) is 11.5 Å². The molecule has 2 N–H and O–H groups in total. The molecule has 0 aliphatic carbocycles. The van der Waals surface area contributed by atoms with Crippen molar-refractivity contribution in [3.8, 4) is 11.5 Å². The maximum atomic E-state index is 11.1. The Morgan fingerprint density at radius 1 is 1.00 bits per heavy atom. The largest absolute Gasteiger partial charge is 0.503 e. The van der Waals surface area contributed by atoms with E-state index in [9.17, 15) is 19.8 Å². The molecule has 0 aliphatic heterocycles. The summed E-state index contributed by atoms with van der Waals surface area (Å²) in [6, 6.07) is 0. The first-order valence-corrected chi connectivity index (χ1v) is 4.55. The number of ether oxygens (including phenoxy) is 2. The van der Waals surface area contributed by atoms with Gasteiger partial charge in [0.25, 0.3) is 0 Å². The van der Waals surface area contributed by atoms with E-state index < -0.39 is 23.4 Å². The van der Waals surface area contributed by atoms with E-state index in [1.54, 1.807) is 0 Å². The van der Waals surface area contributed by atoms with Crippen molar-refractivity contribution in [1.82, 2.24) is 0 Å². The summed E-state index contributed by atoms with van der Waals surface area (Å²) in [5, 5.41) is 18.6. The zero-order valence-electron chi connectivity index (χ0n) is 8.94. The van der Waals surface area contributed by atoms with Crippen LogP contribution >= 0.6 is 11.3 Å².